The average molecular weight is 152 g/mol. The van der Waals surface area contributed by atoms with Crippen molar-refractivity contribution in [3.05, 3.63) is 0 Å². The van der Waals surface area contributed by atoms with Crippen molar-refractivity contribution in [3.63, 3.8) is 0 Å². The Morgan fingerprint density at radius 3 is 2.22 bits per heavy atom. The van der Waals surface area contributed by atoms with Crippen LogP contribution in [0.5, 0.6) is 0 Å². The van der Waals surface area contributed by atoms with Gasteiger partial charge in [-0.2, -0.15) is 0 Å². The van der Waals surface area contributed by atoms with Gasteiger partial charge in [0.15, 0.2) is 0 Å². The van der Waals surface area contributed by atoms with E-state index in [0.717, 1.165) is 0 Å². The summed E-state index contributed by atoms with van der Waals surface area (Å²) in [5.41, 5.74) is 0. The maximum Gasteiger partial charge on any atom is 0.102 e. The lowest BCUT2D eigenvalue weighted by Crippen LogP contribution is -2.40. The van der Waals surface area contributed by atoms with Crippen LogP contribution in [0.4, 0.5) is 0 Å². The number of nitrogens with one attached hydrogen (secondary N) is 1. The zero-order valence-electron chi connectivity index (χ0n) is 5.63. The van der Waals surface area contributed by atoms with E-state index in [2.05, 4.69) is 5.32 Å². The fourth-order valence-corrected chi connectivity index (χ4v) is 0.916. The molecule has 0 aliphatic heterocycles. The first-order valence-electron chi connectivity index (χ1n) is 3.23. The van der Waals surface area contributed by atoms with E-state index in [4.69, 9.17) is 5.11 Å². The topological polar surface area (TPSA) is 32.3 Å². The monoisotopic (exact) mass is 151 g/mol. The smallest absolute Gasteiger partial charge is 0.102 e. The van der Waals surface area contributed by atoms with Gasteiger partial charge in [0.1, 0.15) is 6.23 Å². The molecule has 0 radical (unpaired) electrons. The zero-order valence-corrected chi connectivity index (χ0v) is 6.45. The first-order valence-corrected chi connectivity index (χ1v) is 3.23. The maximum atomic E-state index is 8.78. The number of rotatable bonds is 2. The minimum Gasteiger partial charge on any atom is -0.379 e. The molecule has 0 aromatic heterocycles. The Labute approximate surface area is 62.1 Å². The molecule has 0 aromatic carbocycles. The second-order valence-corrected chi connectivity index (χ2v) is 2.47. The van der Waals surface area contributed by atoms with Crippen LogP contribution in [-0.4, -0.2) is 17.4 Å². The minimum atomic E-state index is -0.319. The molecule has 1 fully saturated rings. The van der Waals surface area contributed by atoms with Crippen LogP contribution >= 0.6 is 12.4 Å². The molecular formula is C6H14ClNO. The lowest BCUT2D eigenvalue weighted by atomic mass is 9.93. The molecule has 56 valence electrons. The number of hydrogen-bond donors (Lipinski definition) is 2. The summed E-state index contributed by atoms with van der Waals surface area (Å²) in [4.78, 5) is 0. The van der Waals surface area contributed by atoms with E-state index < -0.39 is 0 Å². The number of hydrogen-bond acceptors (Lipinski definition) is 2. The number of aliphatic hydroxyl groups excluding tert-OH is 1. The molecule has 0 heterocycles. The van der Waals surface area contributed by atoms with Gasteiger partial charge in [0.05, 0.1) is 0 Å². The molecule has 0 bridgehead atoms. The van der Waals surface area contributed by atoms with Gasteiger partial charge in [-0.25, -0.2) is 0 Å². The quantitative estimate of drug-likeness (QED) is 0.575. The fraction of sp³-hybridized carbons (Fsp3) is 1.00. The summed E-state index contributed by atoms with van der Waals surface area (Å²) in [6.07, 6.45) is 3.49. The van der Waals surface area contributed by atoms with Crippen LogP contribution in [0.2, 0.25) is 0 Å². The van der Waals surface area contributed by atoms with E-state index >= 15 is 0 Å². The van der Waals surface area contributed by atoms with E-state index in [9.17, 15) is 0 Å². The van der Waals surface area contributed by atoms with E-state index in [1.54, 1.807) is 6.92 Å². The SMILES string of the molecule is CC(O)NC1CCC1.Cl. The summed E-state index contributed by atoms with van der Waals surface area (Å²) in [6, 6.07) is 0.606. The predicted molar refractivity (Wildman–Crippen MR) is 39.7 cm³/mol. The van der Waals surface area contributed by atoms with Gasteiger partial charge in [-0.3, -0.25) is 5.32 Å². The van der Waals surface area contributed by atoms with Crippen molar-refractivity contribution in [2.24, 2.45) is 0 Å². The highest BCUT2D eigenvalue weighted by Gasteiger charge is 2.17. The van der Waals surface area contributed by atoms with Crippen LogP contribution in [0.15, 0.2) is 0 Å². The van der Waals surface area contributed by atoms with Gasteiger partial charge in [0.2, 0.25) is 0 Å². The Morgan fingerprint density at radius 1 is 1.56 bits per heavy atom. The average Bonchev–Trinajstić information content (AvgIpc) is 1.55. The van der Waals surface area contributed by atoms with Crippen molar-refractivity contribution in [3.8, 4) is 0 Å². The third-order valence-corrected chi connectivity index (χ3v) is 1.58. The Bertz CT molecular complexity index is 73.5. The van der Waals surface area contributed by atoms with E-state index in [1.807, 2.05) is 0 Å². The van der Waals surface area contributed by atoms with Gasteiger partial charge < -0.3 is 5.11 Å². The second-order valence-electron chi connectivity index (χ2n) is 2.47. The Balaban J connectivity index is 0.000000640. The predicted octanol–water partition coefficient (Wildman–Crippen LogP) is 0.889. The molecule has 0 saturated heterocycles. The molecule has 0 aromatic rings. The maximum absolute atomic E-state index is 8.78. The summed E-state index contributed by atoms with van der Waals surface area (Å²) < 4.78 is 0. The van der Waals surface area contributed by atoms with Crippen molar-refractivity contribution in [2.45, 2.75) is 38.5 Å². The van der Waals surface area contributed by atoms with Crippen LogP contribution < -0.4 is 5.32 Å². The molecule has 1 atom stereocenters. The third kappa shape index (κ3) is 3.04. The molecule has 1 unspecified atom stereocenters. The van der Waals surface area contributed by atoms with E-state index in [1.165, 1.54) is 19.3 Å². The summed E-state index contributed by atoms with van der Waals surface area (Å²) in [6.45, 7) is 1.76. The van der Waals surface area contributed by atoms with E-state index in [0.29, 0.717) is 6.04 Å². The van der Waals surface area contributed by atoms with E-state index in [-0.39, 0.29) is 18.6 Å². The fourth-order valence-electron chi connectivity index (χ4n) is 0.916. The number of halogens is 1. The van der Waals surface area contributed by atoms with Gasteiger partial charge in [-0.15, -0.1) is 12.4 Å². The second kappa shape index (κ2) is 4.09. The molecule has 1 saturated carbocycles. The summed E-state index contributed by atoms with van der Waals surface area (Å²) >= 11 is 0. The van der Waals surface area contributed by atoms with Crippen LogP contribution in [0.25, 0.3) is 0 Å². The van der Waals surface area contributed by atoms with Crippen LogP contribution in [0.3, 0.4) is 0 Å². The van der Waals surface area contributed by atoms with Crippen molar-refractivity contribution >= 4 is 12.4 Å². The van der Waals surface area contributed by atoms with Crippen molar-refractivity contribution < 1.29 is 5.11 Å². The molecule has 0 spiro atoms. The van der Waals surface area contributed by atoms with Crippen LogP contribution in [-0.2, 0) is 0 Å². The Hall–Kier alpha value is 0.210. The van der Waals surface area contributed by atoms with Gasteiger partial charge >= 0.3 is 0 Å². The molecule has 2 N–H and O–H groups in total. The largest absolute Gasteiger partial charge is 0.379 e. The first-order chi connectivity index (χ1) is 3.79. The highest BCUT2D eigenvalue weighted by atomic mass is 35.5. The molecule has 1 aliphatic carbocycles. The van der Waals surface area contributed by atoms with Crippen molar-refractivity contribution in [2.75, 3.05) is 0 Å². The van der Waals surface area contributed by atoms with Crippen LogP contribution in [0.1, 0.15) is 26.2 Å². The third-order valence-electron chi connectivity index (χ3n) is 1.58. The normalized spacial score (nSPS) is 22.0. The number of aliphatic hydroxyl groups is 1. The molecule has 1 rings (SSSR count). The van der Waals surface area contributed by atoms with Gasteiger partial charge in [-0.1, -0.05) is 6.42 Å². The summed E-state index contributed by atoms with van der Waals surface area (Å²) in [5, 5.41) is 11.8. The van der Waals surface area contributed by atoms with Crippen molar-refractivity contribution in [1.29, 1.82) is 0 Å². The molecule has 2 nitrogen and oxygen atoms in total. The zero-order chi connectivity index (χ0) is 5.98. The van der Waals surface area contributed by atoms with Gasteiger partial charge in [0, 0.05) is 6.04 Å². The standard InChI is InChI=1S/C6H13NO.ClH/c1-5(8)7-6-3-2-4-6;/h5-8H,2-4H2,1H3;1H. The molecule has 1 aliphatic rings. The van der Waals surface area contributed by atoms with Crippen LogP contribution in [0, 0.1) is 0 Å². The van der Waals surface area contributed by atoms with Gasteiger partial charge in [0.25, 0.3) is 0 Å². The van der Waals surface area contributed by atoms with Crippen molar-refractivity contribution in [1.82, 2.24) is 5.32 Å². The Morgan fingerprint density at radius 2 is 2.11 bits per heavy atom. The summed E-state index contributed by atoms with van der Waals surface area (Å²) in [7, 11) is 0. The lowest BCUT2D eigenvalue weighted by Gasteiger charge is -2.27. The minimum absolute atomic E-state index is 0. The molecule has 3 heteroatoms. The lowest BCUT2D eigenvalue weighted by molar-refractivity contribution is 0.120. The first kappa shape index (κ1) is 9.21. The highest BCUT2D eigenvalue weighted by Crippen LogP contribution is 2.17. The molecular weight excluding hydrogens is 138 g/mol. The Kier molecular flexibility index (Phi) is 4.19. The molecule has 0 amide bonds. The van der Waals surface area contributed by atoms with Gasteiger partial charge in [-0.05, 0) is 19.8 Å². The highest BCUT2D eigenvalue weighted by molar-refractivity contribution is 5.85. The summed E-state index contributed by atoms with van der Waals surface area (Å²) in [5.74, 6) is 0. The molecule has 9 heavy (non-hydrogen) atoms.